The van der Waals surface area contributed by atoms with Crippen LogP contribution in [-0.4, -0.2) is 26.8 Å². The van der Waals surface area contributed by atoms with Crippen LogP contribution in [0.25, 0.3) is 11.0 Å². The molecular weight excluding hydrogens is 379 g/mol. The number of aromatic nitrogens is 2. The lowest BCUT2D eigenvalue weighted by molar-refractivity contribution is -0.384. The number of nitro groups is 1. The Hall–Kier alpha value is -3.63. The molecule has 1 heterocycles. The van der Waals surface area contributed by atoms with Crippen LogP contribution in [0, 0.1) is 10.1 Å². The van der Waals surface area contributed by atoms with E-state index in [-0.39, 0.29) is 11.6 Å². The van der Waals surface area contributed by atoms with Crippen LogP contribution in [0.15, 0.2) is 42.5 Å². The van der Waals surface area contributed by atoms with Crippen molar-refractivity contribution < 1.29 is 22.9 Å². The second-order valence-electron chi connectivity index (χ2n) is 5.94. The molecule has 3 aromatic rings. The number of para-hydroxylation sites is 2. The zero-order chi connectivity index (χ0) is 20.5. The van der Waals surface area contributed by atoms with Gasteiger partial charge in [0.2, 0.25) is 11.9 Å². The van der Waals surface area contributed by atoms with Crippen molar-refractivity contribution in [2.24, 2.45) is 0 Å². The quantitative estimate of drug-likeness (QED) is 0.449. The van der Waals surface area contributed by atoms with Gasteiger partial charge in [-0.2, -0.15) is 13.2 Å². The van der Waals surface area contributed by atoms with Crippen molar-refractivity contribution in [2.75, 3.05) is 10.6 Å². The first-order valence-electron chi connectivity index (χ1n) is 8.03. The molecule has 0 bridgehead atoms. The number of nitro benzene ring substituents is 1. The Bertz CT molecular complexity index is 1010. The summed E-state index contributed by atoms with van der Waals surface area (Å²) in [5.41, 5.74) is -0.791. The lowest BCUT2D eigenvalue weighted by Gasteiger charge is -2.15. The van der Waals surface area contributed by atoms with Gasteiger partial charge in [-0.15, -0.1) is 0 Å². The average molecular weight is 393 g/mol. The van der Waals surface area contributed by atoms with Gasteiger partial charge in [0.25, 0.3) is 5.69 Å². The van der Waals surface area contributed by atoms with Gasteiger partial charge >= 0.3 is 6.18 Å². The van der Waals surface area contributed by atoms with E-state index in [0.717, 1.165) is 6.07 Å². The third kappa shape index (κ3) is 4.03. The van der Waals surface area contributed by atoms with Gasteiger partial charge in [-0.3, -0.25) is 20.2 Å². The predicted octanol–water partition coefficient (Wildman–Crippen LogP) is 3.93. The van der Waals surface area contributed by atoms with Crippen molar-refractivity contribution in [2.45, 2.75) is 19.1 Å². The molecule has 28 heavy (non-hydrogen) atoms. The lowest BCUT2D eigenvalue weighted by atomic mass is 10.1. The molecule has 0 spiro atoms. The molecule has 0 fully saturated rings. The van der Waals surface area contributed by atoms with Crippen LogP contribution >= 0.6 is 0 Å². The number of rotatable bonds is 5. The standard InChI is InChI=1S/C17H14F3N5O3/c1-9(15(26)24-16-22-11-4-2-3-5-12(11)23-16)21-13-7-6-10(17(18,19)20)8-14(13)25(27)28/h2-9,21H,1H3,(H2,22,23,24,26)/t9-/m0/s1. The largest absolute Gasteiger partial charge is 0.416 e. The topological polar surface area (TPSA) is 113 Å². The molecule has 0 saturated carbocycles. The summed E-state index contributed by atoms with van der Waals surface area (Å²) >= 11 is 0. The molecule has 1 aromatic heterocycles. The number of benzene rings is 2. The van der Waals surface area contributed by atoms with E-state index in [2.05, 4.69) is 20.6 Å². The molecule has 0 aliphatic carbocycles. The normalized spacial score (nSPS) is 12.6. The van der Waals surface area contributed by atoms with Crippen molar-refractivity contribution in [1.82, 2.24) is 9.97 Å². The molecule has 11 heteroatoms. The summed E-state index contributed by atoms with van der Waals surface area (Å²) in [4.78, 5) is 29.6. The molecule has 146 valence electrons. The van der Waals surface area contributed by atoms with E-state index in [1.807, 2.05) is 0 Å². The van der Waals surface area contributed by atoms with Crippen LogP contribution in [0.4, 0.5) is 30.5 Å². The minimum atomic E-state index is -4.71. The minimum Gasteiger partial charge on any atom is -0.368 e. The van der Waals surface area contributed by atoms with Gasteiger partial charge in [0.05, 0.1) is 21.5 Å². The maximum absolute atomic E-state index is 12.8. The van der Waals surface area contributed by atoms with Crippen LogP contribution in [0.5, 0.6) is 0 Å². The van der Waals surface area contributed by atoms with Gasteiger partial charge in [0.15, 0.2) is 0 Å². The highest BCUT2D eigenvalue weighted by Crippen LogP contribution is 2.35. The summed E-state index contributed by atoms with van der Waals surface area (Å²) in [6.07, 6.45) is -4.71. The van der Waals surface area contributed by atoms with E-state index >= 15 is 0 Å². The van der Waals surface area contributed by atoms with Crippen molar-refractivity contribution in [3.63, 3.8) is 0 Å². The zero-order valence-corrected chi connectivity index (χ0v) is 14.4. The van der Waals surface area contributed by atoms with E-state index in [4.69, 9.17) is 0 Å². The Labute approximate surface area is 155 Å². The Kier molecular flexibility index (Phi) is 4.91. The van der Waals surface area contributed by atoms with E-state index in [0.29, 0.717) is 23.2 Å². The molecule has 0 unspecified atom stereocenters. The Balaban J connectivity index is 1.76. The maximum Gasteiger partial charge on any atom is 0.416 e. The van der Waals surface area contributed by atoms with E-state index in [1.165, 1.54) is 6.92 Å². The van der Waals surface area contributed by atoms with Crippen molar-refractivity contribution >= 4 is 34.3 Å². The smallest absolute Gasteiger partial charge is 0.368 e. The van der Waals surface area contributed by atoms with Gasteiger partial charge in [-0.1, -0.05) is 12.1 Å². The molecule has 0 saturated heterocycles. The van der Waals surface area contributed by atoms with Gasteiger partial charge < -0.3 is 10.3 Å². The SMILES string of the molecule is C[C@H](Nc1ccc(C(F)(F)F)cc1[N+](=O)[O-])C(=O)Nc1nc2ccccc2[nH]1. The van der Waals surface area contributed by atoms with Gasteiger partial charge in [-0.25, -0.2) is 4.98 Å². The lowest BCUT2D eigenvalue weighted by Crippen LogP contribution is -2.32. The molecule has 2 aromatic carbocycles. The van der Waals surface area contributed by atoms with Crippen molar-refractivity contribution in [1.29, 1.82) is 0 Å². The maximum atomic E-state index is 12.8. The molecule has 1 amide bonds. The first-order chi connectivity index (χ1) is 13.1. The third-order valence-corrected chi connectivity index (χ3v) is 3.92. The number of hydrogen-bond donors (Lipinski definition) is 3. The predicted molar refractivity (Wildman–Crippen MR) is 95.9 cm³/mol. The number of hydrogen-bond acceptors (Lipinski definition) is 5. The zero-order valence-electron chi connectivity index (χ0n) is 14.4. The Morgan fingerprint density at radius 3 is 2.61 bits per heavy atom. The number of carbonyl (C=O) groups excluding carboxylic acids is 1. The molecule has 0 aliphatic rings. The molecule has 8 nitrogen and oxygen atoms in total. The Morgan fingerprint density at radius 1 is 1.25 bits per heavy atom. The summed E-state index contributed by atoms with van der Waals surface area (Å²) in [6, 6.07) is 8.16. The number of carbonyl (C=O) groups is 1. The van der Waals surface area contributed by atoms with Crippen LogP contribution in [-0.2, 0) is 11.0 Å². The summed E-state index contributed by atoms with van der Waals surface area (Å²) in [7, 11) is 0. The highest BCUT2D eigenvalue weighted by molar-refractivity contribution is 5.96. The number of H-pyrrole nitrogens is 1. The van der Waals surface area contributed by atoms with Crippen LogP contribution in [0.2, 0.25) is 0 Å². The fourth-order valence-corrected chi connectivity index (χ4v) is 2.52. The summed E-state index contributed by atoms with van der Waals surface area (Å²) in [5, 5.41) is 16.2. The minimum absolute atomic E-state index is 0.182. The number of halogens is 3. The number of nitrogens with zero attached hydrogens (tertiary/aromatic N) is 2. The molecule has 3 rings (SSSR count). The van der Waals surface area contributed by atoms with E-state index < -0.39 is 34.3 Å². The number of nitrogens with one attached hydrogen (secondary N) is 3. The monoisotopic (exact) mass is 393 g/mol. The number of imidazole rings is 1. The third-order valence-electron chi connectivity index (χ3n) is 3.92. The number of amides is 1. The molecule has 0 aliphatic heterocycles. The number of fused-ring (bicyclic) bond motifs is 1. The van der Waals surface area contributed by atoms with Gasteiger partial charge in [0.1, 0.15) is 11.7 Å². The summed E-state index contributed by atoms with van der Waals surface area (Å²) < 4.78 is 38.3. The summed E-state index contributed by atoms with van der Waals surface area (Å²) in [5.74, 6) is -0.393. The fourth-order valence-electron chi connectivity index (χ4n) is 2.52. The van der Waals surface area contributed by atoms with Gasteiger partial charge in [0, 0.05) is 6.07 Å². The van der Waals surface area contributed by atoms with E-state index in [1.54, 1.807) is 24.3 Å². The Morgan fingerprint density at radius 2 is 1.96 bits per heavy atom. The average Bonchev–Trinajstić information content (AvgIpc) is 3.03. The second kappa shape index (κ2) is 7.18. The van der Waals surface area contributed by atoms with E-state index in [9.17, 15) is 28.1 Å². The first kappa shape index (κ1) is 19.1. The van der Waals surface area contributed by atoms with Crippen LogP contribution in [0.3, 0.4) is 0 Å². The first-order valence-corrected chi connectivity index (χ1v) is 8.03. The van der Waals surface area contributed by atoms with Crippen molar-refractivity contribution in [3.8, 4) is 0 Å². The number of anilines is 2. The highest BCUT2D eigenvalue weighted by Gasteiger charge is 2.33. The molecule has 1 atom stereocenters. The highest BCUT2D eigenvalue weighted by atomic mass is 19.4. The van der Waals surface area contributed by atoms with Crippen LogP contribution in [0.1, 0.15) is 12.5 Å². The number of alkyl halides is 3. The molecule has 0 radical (unpaired) electrons. The second-order valence-corrected chi connectivity index (χ2v) is 5.94. The fraction of sp³-hybridized carbons (Fsp3) is 0.176. The number of aromatic amines is 1. The molecular formula is C17H14F3N5O3. The van der Waals surface area contributed by atoms with Crippen molar-refractivity contribution in [3.05, 3.63) is 58.1 Å². The summed E-state index contributed by atoms with van der Waals surface area (Å²) in [6.45, 7) is 1.42. The van der Waals surface area contributed by atoms with Gasteiger partial charge in [-0.05, 0) is 31.2 Å². The molecule has 3 N–H and O–H groups in total. The van der Waals surface area contributed by atoms with Crippen LogP contribution < -0.4 is 10.6 Å².